The summed E-state index contributed by atoms with van der Waals surface area (Å²) in [5, 5.41) is 3.37. The van der Waals surface area contributed by atoms with Gasteiger partial charge in [0.15, 0.2) is 0 Å². The van der Waals surface area contributed by atoms with Gasteiger partial charge in [-0.3, -0.25) is 4.79 Å². The molecule has 1 N–H and O–H groups in total. The molecule has 0 bridgehead atoms. The molecule has 1 fully saturated rings. The van der Waals surface area contributed by atoms with E-state index in [9.17, 15) is 4.79 Å². The lowest BCUT2D eigenvalue weighted by molar-refractivity contribution is -0.132. The molecule has 2 aliphatic heterocycles. The van der Waals surface area contributed by atoms with Crippen LogP contribution in [0.3, 0.4) is 0 Å². The Kier molecular flexibility index (Phi) is 5.86. The van der Waals surface area contributed by atoms with Crippen molar-refractivity contribution in [1.29, 1.82) is 0 Å². The predicted molar refractivity (Wildman–Crippen MR) is 107 cm³/mol. The van der Waals surface area contributed by atoms with Gasteiger partial charge in [0.2, 0.25) is 5.91 Å². The molecule has 28 heavy (non-hydrogen) atoms. The van der Waals surface area contributed by atoms with Crippen molar-refractivity contribution in [1.82, 2.24) is 20.2 Å². The van der Waals surface area contributed by atoms with Crippen molar-refractivity contribution in [2.45, 2.75) is 45.1 Å². The molecule has 3 heterocycles. The molecule has 4 rings (SSSR count). The van der Waals surface area contributed by atoms with E-state index in [0.29, 0.717) is 25.5 Å². The zero-order valence-electron chi connectivity index (χ0n) is 16.5. The van der Waals surface area contributed by atoms with Crippen LogP contribution < -0.4 is 10.1 Å². The van der Waals surface area contributed by atoms with E-state index in [-0.39, 0.29) is 5.91 Å². The highest BCUT2D eigenvalue weighted by molar-refractivity contribution is 5.76. The molecule has 0 unspecified atom stereocenters. The van der Waals surface area contributed by atoms with E-state index in [1.165, 1.54) is 0 Å². The Hall–Kier alpha value is -2.47. The number of ether oxygens (including phenoxy) is 1. The molecule has 2 aromatic rings. The maximum atomic E-state index is 12.7. The van der Waals surface area contributed by atoms with Gasteiger partial charge in [0.1, 0.15) is 11.6 Å². The summed E-state index contributed by atoms with van der Waals surface area (Å²) in [5.74, 6) is 2.46. The fourth-order valence-corrected chi connectivity index (χ4v) is 3.94. The van der Waals surface area contributed by atoms with Crippen molar-refractivity contribution in [2.75, 3.05) is 26.2 Å². The molecular formula is C22H28N4O2. The maximum Gasteiger partial charge on any atom is 0.223 e. The molecule has 2 aliphatic rings. The van der Waals surface area contributed by atoms with Crippen molar-refractivity contribution in [2.24, 2.45) is 0 Å². The van der Waals surface area contributed by atoms with Crippen molar-refractivity contribution >= 4 is 5.91 Å². The number of amides is 1. The van der Waals surface area contributed by atoms with E-state index in [2.05, 4.69) is 10.3 Å². The summed E-state index contributed by atoms with van der Waals surface area (Å²) in [6.45, 7) is 6.02. The minimum absolute atomic E-state index is 0.198. The molecule has 1 amide bonds. The minimum Gasteiger partial charge on any atom is -0.494 e. The Morgan fingerprint density at radius 3 is 2.93 bits per heavy atom. The quantitative estimate of drug-likeness (QED) is 0.834. The number of carbonyl (C=O) groups excluding carboxylic acids is 1. The fourth-order valence-electron chi connectivity index (χ4n) is 3.94. The Bertz CT molecular complexity index is 816. The second-order valence-corrected chi connectivity index (χ2v) is 7.53. The molecule has 1 aromatic carbocycles. The van der Waals surface area contributed by atoms with Crippen molar-refractivity contribution < 1.29 is 9.53 Å². The van der Waals surface area contributed by atoms with Crippen LogP contribution in [0.15, 0.2) is 30.5 Å². The lowest BCUT2D eigenvalue weighted by Gasteiger charge is -2.28. The van der Waals surface area contributed by atoms with Crippen LogP contribution >= 0.6 is 0 Å². The highest BCUT2D eigenvalue weighted by Crippen LogP contribution is 2.23. The molecule has 148 valence electrons. The zero-order chi connectivity index (χ0) is 19.3. The van der Waals surface area contributed by atoms with Crippen molar-refractivity contribution in [3.05, 3.63) is 53.1 Å². The second-order valence-electron chi connectivity index (χ2n) is 7.53. The van der Waals surface area contributed by atoms with Gasteiger partial charge in [-0.1, -0.05) is 12.1 Å². The average molecular weight is 380 g/mol. The summed E-state index contributed by atoms with van der Waals surface area (Å²) in [7, 11) is 0. The first-order valence-corrected chi connectivity index (χ1v) is 10.3. The third kappa shape index (κ3) is 4.33. The van der Waals surface area contributed by atoms with Crippen LogP contribution in [0.1, 0.15) is 48.3 Å². The summed E-state index contributed by atoms with van der Waals surface area (Å²) in [4.78, 5) is 24.0. The normalized spacial score (nSPS) is 18.8. The third-order valence-corrected chi connectivity index (χ3v) is 5.59. The molecule has 6 nitrogen and oxygen atoms in total. The van der Waals surface area contributed by atoms with E-state index in [0.717, 1.165) is 67.3 Å². The Morgan fingerprint density at radius 2 is 2.18 bits per heavy atom. The first-order valence-electron chi connectivity index (χ1n) is 10.3. The standard InChI is InChI=1S/C22H28N4O2/c1-2-28-19-6-3-16(4-7-19)5-8-21(27)26-12-10-20-18(15-26)14-24-22(25-20)17-9-11-23-13-17/h3-4,6-7,14,17,23H,2,5,8-13,15H2,1H3/t17-/m1/s1. The Balaban J connectivity index is 1.32. The molecule has 6 heteroatoms. The van der Waals surface area contributed by atoms with E-state index < -0.39 is 0 Å². The van der Waals surface area contributed by atoms with Crippen LogP contribution in [0.5, 0.6) is 5.75 Å². The van der Waals surface area contributed by atoms with E-state index >= 15 is 0 Å². The highest BCUT2D eigenvalue weighted by Gasteiger charge is 2.25. The first kappa shape index (κ1) is 18.9. The summed E-state index contributed by atoms with van der Waals surface area (Å²) in [5.41, 5.74) is 3.37. The van der Waals surface area contributed by atoms with Gasteiger partial charge in [-0.2, -0.15) is 0 Å². The largest absolute Gasteiger partial charge is 0.494 e. The first-order chi connectivity index (χ1) is 13.7. The number of nitrogens with zero attached hydrogens (tertiary/aromatic N) is 3. The number of aryl methyl sites for hydroxylation is 1. The van der Waals surface area contributed by atoms with Crippen LogP contribution in [-0.4, -0.2) is 47.0 Å². The van der Waals surface area contributed by atoms with Crippen LogP contribution in [0.4, 0.5) is 0 Å². The van der Waals surface area contributed by atoms with Gasteiger partial charge in [0.05, 0.1) is 12.3 Å². The predicted octanol–water partition coefficient (Wildman–Crippen LogP) is 2.47. The molecule has 0 saturated carbocycles. The number of benzene rings is 1. The summed E-state index contributed by atoms with van der Waals surface area (Å²) in [6.07, 6.45) is 5.13. The van der Waals surface area contributed by atoms with Crippen molar-refractivity contribution in [3.8, 4) is 5.75 Å². The van der Waals surface area contributed by atoms with Crippen LogP contribution in [0, 0.1) is 0 Å². The third-order valence-electron chi connectivity index (χ3n) is 5.59. The second kappa shape index (κ2) is 8.69. The molecule has 1 atom stereocenters. The van der Waals surface area contributed by atoms with Gasteiger partial charge >= 0.3 is 0 Å². The average Bonchev–Trinajstić information content (AvgIpc) is 3.27. The molecule has 0 spiro atoms. The Morgan fingerprint density at radius 1 is 1.32 bits per heavy atom. The smallest absolute Gasteiger partial charge is 0.223 e. The number of nitrogens with one attached hydrogen (secondary N) is 1. The number of rotatable bonds is 6. The maximum absolute atomic E-state index is 12.7. The summed E-state index contributed by atoms with van der Waals surface area (Å²) >= 11 is 0. The fraction of sp³-hybridized carbons (Fsp3) is 0.500. The zero-order valence-corrected chi connectivity index (χ0v) is 16.5. The van der Waals surface area contributed by atoms with Gasteiger partial charge in [-0.05, 0) is 44.0 Å². The molecular weight excluding hydrogens is 352 g/mol. The summed E-state index contributed by atoms with van der Waals surface area (Å²) in [6, 6.07) is 8.01. The van der Waals surface area contributed by atoms with E-state index in [1.54, 1.807) is 0 Å². The van der Waals surface area contributed by atoms with Gasteiger partial charge in [0.25, 0.3) is 0 Å². The number of hydrogen-bond donors (Lipinski definition) is 1. The van der Waals surface area contributed by atoms with Gasteiger partial charge in [-0.25, -0.2) is 9.97 Å². The Labute approximate surface area is 166 Å². The van der Waals surface area contributed by atoms with E-state index in [1.807, 2.05) is 42.3 Å². The van der Waals surface area contributed by atoms with Gasteiger partial charge in [-0.15, -0.1) is 0 Å². The number of fused-ring (bicyclic) bond motifs is 1. The lowest BCUT2D eigenvalue weighted by atomic mass is 10.0. The van der Waals surface area contributed by atoms with Crippen LogP contribution in [0.2, 0.25) is 0 Å². The van der Waals surface area contributed by atoms with Crippen LogP contribution in [-0.2, 0) is 24.2 Å². The topological polar surface area (TPSA) is 67.3 Å². The van der Waals surface area contributed by atoms with E-state index in [4.69, 9.17) is 9.72 Å². The monoisotopic (exact) mass is 380 g/mol. The number of carbonyl (C=O) groups is 1. The van der Waals surface area contributed by atoms with Crippen LogP contribution in [0.25, 0.3) is 0 Å². The summed E-state index contributed by atoms with van der Waals surface area (Å²) < 4.78 is 5.47. The molecule has 1 saturated heterocycles. The molecule has 0 aliphatic carbocycles. The highest BCUT2D eigenvalue weighted by atomic mass is 16.5. The number of aromatic nitrogens is 2. The van der Waals surface area contributed by atoms with Gasteiger partial charge in [0, 0.05) is 50.2 Å². The number of hydrogen-bond acceptors (Lipinski definition) is 5. The lowest BCUT2D eigenvalue weighted by Crippen LogP contribution is -2.36. The molecule has 0 radical (unpaired) electrons. The van der Waals surface area contributed by atoms with Crippen molar-refractivity contribution in [3.63, 3.8) is 0 Å². The minimum atomic E-state index is 0.198. The van der Waals surface area contributed by atoms with Gasteiger partial charge < -0.3 is 15.0 Å². The molecule has 1 aromatic heterocycles. The SMILES string of the molecule is CCOc1ccc(CCC(=O)N2CCc3nc([C@@H]4CCNC4)ncc3C2)cc1.